The SMILES string of the molecule is CC(OC(=O)CCc1ccc2c(c1)OCO2)C(=O)Nc1ccccc1-c1ccccc1. The topological polar surface area (TPSA) is 73.9 Å². The Morgan fingerprint density at radius 1 is 0.968 bits per heavy atom. The second-order valence-electron chi connectivity index (χ2n) is 7.22. The molecule has 0 fully saturated rings. The van der Waals surface area contributed by atoms with Crippen LogP contribution in [-0.4, -0.2) is 24.8 Å². The van der Waals surface area contributed by atoms with Gasteiger partial charge in [0.05, 0.1) is 0 Å². The van der Waals surface area contributed by atoms with Crippen molar-refractivity contribution in [2.24, 2.45) is 0 Å². The average Bonchev–Trinajstić information content (AvgIpc) is 3.26. The molecule has 1 atom stereocenters. The minimum Gasteiger partial charge on any atom is -0.454 e. The fraction of sp³-hybridized carbons (Fsp3) is 0.200. The standard InChI is InChI=1S/C25H23NO5/c1-17(31-24(27)14-12-18-11-13-22-23(15-18)30-16-29-22)25(28)26-21-10-6-5-9-20(21)19-7-3-2-4-8-19/h2-11,13,15,17H,12,14,16H2,1H3,(H,26,28). The normalized spacial score (nSPS) is 12.8. The highest BCUT2D eigenvalue weighted by atomic mass is 16.7. The number of hydrogen-bond donors (Lipinski definition) is 1. The van der Waals surface area contributed by atoms with Gasteiger partial charge in [-0.05, 0) is 42.7 Å². The van der Waals surface area contributed by atoms with Gasteiger partial charge >= 0.3 is 5.97 Å². The van der Waals surface area contributed by atoms with Crippen LogP contribution in [0.25, 0.3) is 11.1 Å². The van der Waals surface area contributed by atoms with E-state index in [-0.39, 0.29) is 19.1 Å². The van der Waals surface area contributed by atoms with Gasteiger partial charge in [0.2, 0.25) is 6.79 Å². The summed E-state index contributed by atoms with van der Waals surface area (Å²) >= 11 is 0. The van der Waals surface area contributed by atoms with Crippen LogP contribution in [0.3, 0.4) is 0 Å². The first-order valence-corrected chi connectivity index (χ1v) is 10.1. The van der Waals surface area contributed by atoms with Gasteiger partial charge < -0.3 is 19.5 Å². The summed E-state index contributed by atoms with van der Waals surface area (Å²) < 4.78 is 16.0. The van der Waals surface area contributed by atoms with Crippen molar-refractivity contribution in [2.75, 3.05) is 12.1 Å². The van der Waals surface area contributed by atoms with Gasteiger partial charge in [0.15, 0.2) is 17.6 Å². The van der Waals surface area contributed by atoms with Crippen molar-refractivity contribution in [1.29, 1.82) is 0 Å². The van der Waals surface area contributed by atoms with E-state index in [0.29, 0.717) is 23.6 Å². The van der Waals surface area contributed by atoms with E-state index in [1.165, 1.54) is 0 Å². The quantitative estimate of drug-likeness (QED) is 0.570. The first-order chi connectivity index (χ1) is 15.1. The molecule has 158 valence electrons. The van der Waals surface area contributed by atoms with Crippen LogP contribution < -0.4 is 14.8 Å². The minimum absolute atomic E-state index is 0.165. The number of anilines is 1. The predicted octanol–water partition coefficient (Wildman–Crippen LogP) is 4.59. The first kappa shape index (κ1) is 20.5. The average molecular weight is 417 g/mol. The second-order valence-corrected chi connectivity index (χ2v) is 7.22. The van der Waals surface area contributed by atoms with Crippen LogP contribution in [-0.2, 0) is 20.7 Å². The molecule has 0 radical (unpaired) electrons. The highest BCUT2D eigenvalue weighted by molar-refractivity contribution is 5.98. The molecule has 0 bridgehead atoms. The van der Waals surface area contributed by atoms with E-state index < -0.39 is 12.1 Å². The van der Waals surface area contributed by atoms with Crippen LogP contribution in [0.15, 0.2) is 72.8 Å². The Morgan fingerprint density at radius 2 is 1.71 bits per heavy atom. The number of hydrogen-bond acceptors (Lipinski definition) is 5. The molecule has 1 aliphatic rings. The van der Waals surface area contributed by atoms with Crippen molar-refractivity contribution in [2.45, 2.75) is 25.9 Å². The number of benzene rings is 3. The molecule has 6 heteroatoms. The summed E-state index contributed by atoms with van der Waals surface area (Å²) in [4.78, 5) is 24.9. The van der Waals surface area contributed by atoms with E-state index in [2.05, 4.69) is 5.32 Å². The maximum Gasteiger partial charge on any atom is 0.306 e. The third-order valence-corrected chi connectivity index (χ3v) is 5.00. The summed E-state index contributed by atoms with van der Waals surface area (Å²) in [5.74, 6) is 0.569. The number of nitrogens with one attached hydrogen (secondary N) is 1. The van der Waals surface area contributed by atoms with E-state index in [1.807, 2.05) is 72.8 Å². The summed E-state index contributed by atoms with van der Waals surface area (Å²) in [7, 11) is 0. The molecule has 6 nitrogen and oxygen atoms in total. The maximum atomic E-state index is 12.6. The smallest absolute Gasteiger partial charge is 0.306 e. The molecular weight excluding hydrogens is 394 g/mol. The zero-order valence-electron chi connectivity index (χ0n) is 17.2. The number of carbonyl (C=O) groups excluding carboxylic acids is 2. The highest BCUT2D eigenvalue weighted by Gasteiger charge is 2.20. The molecule has 1 heterocycles. The Kier molecular flexibility index (Phi) is 6.17. The van der Waals surface area contributed by atoms with Gasteiger partial charge in [0.1, 0.15) is 0 Å². The van der Waals surface area contributed by atoms with Crippen molar-refractivity contribution in [3.8, 4) is 22.6 Å². The number of carbonyl (C=O) groups is 2. The molecule has 3 aromatic rings. The van der Waals surface area contributed by atoms with Crippen molar-refractivity contribution < 1.29 is 23.8 Å². The van der Waals surface area contributed by atoms with Gasteiger partial charge in [-0.2, -0.15) is 0 Å². The number of aryl methyl sites for hydroxylation is 1. The Balaban J connectivity index is 1.32. The summed E-state index contributed by atoms with van der Waals surface area (Å²) in [6.07, 6.45) is -0.258. The Labute approximate surface area is 180 Å². The van der Waals surface area contributed by atoms with Crippen molar-refractivity contribution in [3.05, 3.63) is 78.4 Å². The fourth-order valence-electron chi connectivity index (χ4n) is 3.35. The summed E-state index contributed by atoms with van der Waals surface area (Å²) in [5.41, 5.74) is 3.50. The zero-order valence-corrected chi connectivity index (χ0v) is 17.2. The Morgan fingerprint density at radius 3 is 2.55 bits per heavy atom. The van der Waals surface area contributed by atoms with E-state index >= 15 is 0 Å². The van der Waals surface area contributed by atoms with Crippen molar-refractivity contribution in [1.82, 2.24) is 0 Å². The van der Waals surface area contributed by atoms with Gasteiger partial charge in [0, 0.05) is 17.7 Å². The maximum absolute atomic E-state index is 12.6. The fourth-order valence-corrected chi connectivity index (χ4v) is 3.35. The summed E-state index contributed by atoms with van der Waals surface area (Å²) in [6, 6.07) is 22.9. The van der Waals surface area contributed by atoms with Crippen molar-refractivity contribution >= 4 is 17.6 Å². The van der Waals surface area contributed by atoms with Crippen LogP contribution in [0.2, 0.25) is 0 Å². The van der Waals surface area contributed by atoms with E-state index in [1.54, 1.807) is 6.92 Å². The van der Waals surface area contributed by atoms with Crippen LogP contribution >= 0.6 is 0 Å². The molecule has 0 aliphatic carbocycles. The number of para-hydroxylation sites is 1. The van der Waals surface area contributed by atoms with Crippen LogP contribution in [0.4, 0.5) is 5.69 Å². The molecule has 1 aliphatic heterocycles. The largest absolute Gasteiger partial charge is 0.454 e. The second kappa shape index (κ2) is 9.34. The van der Waals surface area contributed by atoms with E-state index in [4.69, 9.17) is 14.2 Å². The van der Waals surface area contributed by atoms with Gasteiger partial charge in [-0.3, -0.25) is 9.59 Å². The molecule has 0 spiro atoms. The third kappa shape index (κ3) is 5.04. The first-order valence-electron chi connectivity index (χ1n) is 10.1. The Bertz CT molecular complexity index is 1080. The molecule has 0 aromatic heterocycles. The molecule has 3 aromatic carbocycles. The predicted molar refractivity (Wildman–Crippen MR) is 117 cm³/mol. The summed E-state index contributed by atoms with van der Waals surface area (Å²) in [6.45, 7) is 1.78. The van der Waals surface area contributed by atoms with E-state index in [0.717, 1.165) is 16.7 Å². The van der Waals surface area contributed by atoms with Crippen molar-refractivity contribution in [3.63, 3.8) is 0 Å². The van der Waals surface area contributed by atoms with Gasteiger partial charge in [-0.15, -0.1) is 0 Å². The molecule has 31 heavy (non-hydrogen) atoms. The lowest BCUT2D eigenvalue weighted by atomic mass is 10.0. The molecule has 0 saturated carbocycles. The van der Waals surface area contributed by atoms with Gasteiger partial charge in [0.25, 0.3) is 5.91 Å². The third-order valence-electron chi connectivity index (χ3n) is 5.00. The zero-order chi connectivity index (χ0) is 21.6. The lowest BCUT2D eigenvalue weighted by Gasteiger charge is -2.16. The van der Waals surface area contributed by atoms with Crippen LogP contribution in [0.1, 0.15) is 18.9 Å². The van der Waals surface area contributed by atoms with Gasteiger partial charge in [-0.25, -0.2) is 0 Å². The van der Waals surface area contributed by atoms with Crippen LogP contribution in [0.5, 0.6) is 11.5 Å². The Hall–Kier alpha value is -3.80. The number of ether oxygens (including phenoxy) is 3. The number of esters is 1. The molecule has 1 N–H and O–H groups in total. The monoisotopic (exact) mass is 417 g/mol. The highest BCUT2D eigenvalue weighted by Crippen LogP contribution is 2.33. The molecule has 0 saturated heterocycles. The van der Waals surface area contributed by atoms with Crippen LogP contribution in [0, 0.1) is 0 Å². The molecule has 4 rings (SSSR count). The number of rotatable bonds is 7. The van der Waals surface area contributed by atoms with Gasteiger partial charge in [-0.1, -0.05) is 54.6 Å². The molecular formula is C25H23NO5. The van der Waals surface area contributed by atoms with E-state index in [9.17, 15) is 9.59 Å². The lowest BCUT2D eigenvalue weighted by Crippen LogP contribution is -2.30. The lowest BCUT2D eigenvalue weighted by molar-refractivity contribution is -0.153. The molecule has 1 amide bonds. The molecule has 1 unspecified atom stereocenters. The number of amides is 1. The number of fused-ring (bicyclic) bond motifs is 1. The summed E-state index contributed by atoms with van der Waals surface area (Å²) in [5, 5.41) is 2.87. The minimum atomic E-state index is -0.909.